The number of hydrogen-bond acceptors (Lipinski definition) is 5. The van der Waals surface area contributed by atoms with Gasteiger partial charge >= 0.3 is 0 Å². The maximum absolute atomic E-state index is 14.9. The van der Waals surface area contributed by atoms with E-state index in [9.17, 15) is 18.8 Å². The molecule has 0 spiro atoms. The fraction of sp³-hybridized carbons (Fsp3) is 0.130. The molecule has 1 N–H and O–H groups in total. The van der Waals surface area contributed by atoms with Crippen molar-refractivity contribution in [3.8, 4) is 22.9 Å². The number of nitriles is 1. The van der Waals surface area contributed by atoms with E-state index in [1.54, 1.807) is 6.07 Å². The maximum atomic E-state index is 14.9. The number of hydrogen-bond donors (Lipinski definition) is 1. The molecule has 0 radical (unpaired) electrons. The minimum Gasteiger partial charge on any atom is -0.496 e. The van der Waals surface area contributed by atoms with Gasteiger partial charge in [-0.15, -0.1) is 0 Å². The number of methoxy groups -OCH3 is 1. The second-order valence-corrected chi connectivity index (χ2v) is 7.11. The van der Waals surface area contributed by atoms with Gasteiger partial charge in [-0.25, -0.2) is 13.8 Å². The molecule has 2 heterocycles. The lowest BCUT2D eigenvalue weighted by Gasteiger charge is -2.19. The van der Waals surface area contributed by atoms with Crippen LogP contribution in [0.4, 0.5) is 8.78 Å². The van der Waals surface area contributed by atoms with Crippen LogP contribution in [0.3, 0.4) is 0 Å². The van der Waals surface area contributed by atoms with Gasteiger partial charge in [-0.1, -0.05) is 12.1 Å². The van der Waals surface area contributed by atoms with E-state index in [1.165, 1.54) is 55.7 Å². The number of pyridine rings is 1. The summed E-state index contributed by atoms with van der Waals surface area (Å²) in [4.78, 5) is 18.4. The highest BCUT2D eigenvalue weighted by Gasteiger charge is 2.22. The monoisotopic (exact) mass is 433 g/mol. The molecular weight excluding hydrogens is 416 g/mol. The standard InChI is InChI=1S/C23H17F2N5O2/c1-30(12-14-10-27-20(9-26)18-11-28-29-22(14)18)23(31)17-8-21(32-2)16(7-19(17)25)13-4-3-5-15(24)6-13/h3-8,10-11H,12H2,1-2H3,(H,28,29). The van der Waals surface area contributed by atoms with Crippen molar-refractivity contribution in [1.82, 2.24) is 20.1 Å². The van der Waals surface area contributed by atoms with Crippen LogP contribution < -0.4 is 4.74 Å². The van der Waals surface area contributed by atoms with Crippen molar-refractivity contribution >= 4 is 16.8 Å². The number of H-pyrrole nitrogens is 1. The number of ether oxygens (including phenoxy) is 1. The highest BCUT2D eigenvalue weighted by atomic mass is 19.1. The molecule has 32 heavy (non-hydrogen) atoms. The molecule has 160 valence electrons. The Hall–Kier alpha value is -4.32. The van der Waals surface area contributed by atoms with Gasteiger partial charge in [0.05, 0.1) is 29.8 Å². The van der Waals surface area contributed by atoms with Crippen molar-refractivity contribution in [2.24, 2.45) is 0 Å². The molecule has 0 bridgehead atoms. The quantitative estimate of drug-likeness (QED) is 0.512. The summed E-state index contributed by atoms with van der Waals surface area (Å²) in [5.41, 5.74) is 1.99. The zero-order valence-corrected chi connectivity index (χ0v) is 17.2. The van der Waals surface area contributed by atoms with Crippen LogP contribution in [0.25, 0.3) is 22.0 Å². The van der Waals surface area contributed by atoms with Crippen LogP contribution in [0.5, 0.6) is 5.75 Å². The van der Waals surface area contributed by atoms with Gasteiger partial charge in [-0.2, -0.15) is 10.4 Å². The third kappa shape index (κ3) is 3.74. The molecule has 0 aliphatic rings. The van der Waals surface area contributed by atoms with Gasteiger partial charge in [0.15, 0.2) is 5.69 Å². The van der Waals surface area contributed by atoms with E-state index in [0.717, 1.165) is 6.07 Å². The number of carbonyl (C=O) groups is 1. The molecule has 0 aliphatic carbocycles. The van der Waals surface area contributed by atoms with Crippen LogP contribution in [0.15, 0.2) is 48.8 Å². The first-order valence-electron chi connectivity index (χ1n) is 9.53. The number of rotatable bonds is 5. The van der Waals surface area contributed by atoms with Crippen molar-refractivity contribution < 1.29 is 18.3 Å². The summed E-state index contributed by atoms with van der Waals surface area (Å²) < 4.78 is 33.9. The molecule has 0 saturated heterocycles. The van der Waals surface area contributed by atoms with Crippen molar-refractivity contribution in [1.29, 1.82) is 5.26 Å². The van der Waals surface area contributed by atoms with Gasteiger partial charge in [-0.05, 0) is 29.8 Å². The van der Waals surface area contributed by atoms with E-state index < -0.39 is 17.5 Å². The highest BCUT2D eigenvalue weighted by Crippen LogP contribution is 2.33. The predicted octanol–water partition coefficient (Wildman–Crippen LogP) is 4.06. The minimum absolute atomic E-state index is 0.101. The maximum Gasteiger partial charge on any atom is 0.257 e. The van der Waals surface area contributed by atoms with Crippen LogP contribution >= 0.6 is 0 Å². The van der Waals surface area contributed by atoms with Crippen LogP contribution in [0, 0.1) is 23.0 Å². The lowest BCUT2D eigenvalue weighted by atomic mass is 10.0. The van der Waals surface area contributed by atoms with Crippen molar-refractivity contribution in [3.05, 3.63) is 77.2 Å². The van der Waals surface area contributed by atoms with Crippen molar-refractivity contribution in [3.63, 3.8) is 0 Å². The van der Waals surface area contributed by atoms with E-state index in [1.807, 2.05) is 6.07 Å². The smallest absolute Gasteiger partial charge is 0.257 e. The number of halogens is 2. The summed E-state index contributed by atoms with van der Waals surface area (Å²) >= 11 is 0. The average Bonchev–Trinajstić information content (AvgIpc) is 3.29. The number of carbonyl (C=O) groups excluding carboxylic acids is 1. The molecule has 0 fully saturated rings. The Morgan fingerprint density at radius 3 is 2.78 bits per heavy atom. The Morgan fingerprint density at radius 2 is 2.06 bits per heavy atom. The molecule has 2 aromatic carbocycles. The van der Waals surface area contributed by atoms with Crippen LogP contribution in [-0.2, 0) is 6.54 Å². The fourth-order valence-electron chi connectivity index (χ4n) is 3.50. The second-order valence-electron chi connectivity index (χ2n) is 7.11. The molecule has 0 aliphatic heterocycles. The number of nitrogens with zero attached hydrogens (tertiary/aromatic N) is 4. The van der Waals surface area contributed by atoms with Crippen molar-refractivity contribution in [2.75, 3.05) is 14.2 Å². The number of fused-ring (bicyclic) bond motifs is 1. The SMILES string of the molecule is COc1cc(C(=O)N(C)Cc2cnc(C#N)c3cn[nH]c23)c(F)cc1-c1cccc(F)c1. The second kappa shape index (κ2) is 8.43. The molecule has 4 aromatic rings. The van der Waals surface area contributed by atoms with Gasteiger partial charge in [0.25, 0.3) is 5.91 Å². The molecule has 2 aromatic heterocycles. The molecule has 0 unspecified atom stereocenters. The summed E-state index contributed by atoms with van der Waals surface area (Å²) in [5, 5.41) is 16.5. The number of benzene rings is 2. The Kier molecular flexibility index (Phi) is 5.52. The van der Waals surface area contributed by atoms with Gasteiger partial charge in [0, 0.05) is 30.9 Å². The van der Waals surface area contributed by atoms with Crippen LogP contribution in [-0.4, -0.2) is 40.1 Å². The number of aromatic amines is 1. The van der Waals surface area contributed by atoms with E-state index in [-0.39, 0.29) is 23.6 Å². The summed E-state index contributed by atoms with van der Waals surface area (Å²) in [7, 11) is 2.92. The van der Waals surface area contributed by atoms with E-state index >= 15 is 0 Å². The molecule has 0 atom stereocenters. The molecule has 1 amide bonds. The highest BCUT2D eigenvalue weighted by molar-refractivity contribution is 5.96. The first-order valence-corrected chi connectivity index (χ1v) is 9.53. The Bertz CT molecular complexity index is 1380. The average molecular weight is 433 g/mol. The van der Waals surface area contributed by atoms with Gasteiger partial charge in [0.1, 0.15) is 23.5 Å². The fourth-order valence-corrected chi connectivity index (χ4v) is 3.50. The predicted molar refractivity (Wildman–Crippen MR) is 113 cm³/mol. The van der Waals surface area contributed by atoms with Gasteiger partial charge in [-0.3, -0.25) is 9.89 Å². The molecule has 7 nitrogen and oxygen atoms in total. The molecule has 4 rings (SSSR count). The Morgan fingerprint density at radius 1 is 1.25 bits per heavy atom. The first kappa shape index (κ1) is 20.9. The van der Waals surface area contributed by atoms with Crippen LogP contribution in [0.1, 0.15) is 21.6 Å². The normalized spacial score (nSPS) is 10.7. The summed E-state index contributed by atoms with van der Waals surface area (Å²) in [6.45, 7) is 0.101. The first-order chi connectivity index (χ1) is 15.4. The zero-order valence-electron chi connectivity index (χ0n) is 17.2. The third-order valence-corrected chi connectivity index (χ3v) is 5.08. The largest absolute Gasteiger partial charge is 0.496 e. The Labute approximate surface area is 181 Å². The molecular formula is C23H17F2N5O2. The van der Waals surface area contributed by atoms with E-state index in [0.29, 0.717) is 27.6 Å². The number of aromatic nitrogens is 3. The Balaban J connectivity index is 1.66. The summed E-state index contributed by atoms with van der Waals surface area (Å²) in [6.07, 6.45) is 2.97. The molecule has 0 saturated carbocycles. The van der Waals surface area contributed by atoms with Gasteiger partial charge in [0.2, 0.25) is 0 Å². The topological polar surface area (TPSA) is 94.9 Å². The zero-order chi connectivity index (χ0) is 22.8. The molecule has 9 heteroatoms. The van der Waals surface area contributed by atoms with Crippen molar-refractivity contribution in [2.45, 2.75) is 6.54 Å². The minimum atomic E-state index is -0.758. The summed E-state index contributed by atoms with van der Waals surface area (Å²) in [5.74, 6) is -1.56. The lowest BCUT2D eigenvalue weighted by Crippen LogP contribution is -2.27. The third-order valence-electron chi connectivity index (χ3n) is 5.08. The van der Waals surface area contributed by atoms with E-state index in [4.69, 9.17) is 4.74 Å². The van der Waals surface area contributed by atoms with E-state index in [2.05, 4.69) is 15.2 Å². The summed E-state index contributed by atoms with van der Waals surface area (Å²) in [6, 6.07) is 10.1. The van der Waals surface area contributed by atoms with Crippen LogP contribution in [0.2, 0.25) is 0 Å². The lowest BCUT2D eigenvalue weighted by molar-refractivity contribution is 0.0780. The number of amides is 1. The number of nitrogens with one attached hydrogen (secondary N) is 1. The van der Waals surface area contributed by atoms with Gasteiger partial charge < -0.3 is 9.64 Å².